The van der Waals surface area contributed by atoms with E-state index in [0.717, 1.165) is 17.5 Å². The molecule has 0 radical (unpaired) electrons. The molecule has 2 N–H and O–H groups in total. The molecule has 2 unspecified atom stereocenters. The molecule has 0 aromatic heterocycles. The first kappa shape index (κ1) is 21.3. The number of hydrogen-bond donors (Lipinski definition) is 1. The average molecular weight is 389 g/mol. The first-order chi connectivity index (χ1) is 12.4. The molecule has 0 saturated carbocycles. The van der Waals surface area contributed by atoms with Crippen molar-refractivity contribution in [3.8, 4) is 16.9 Å². The predicted molar refractivity (Wildman–Crippen MR) is 112 cm³/mol. The largest absolute Gasteiger partial charge is 0.481 e. The molecule has 1 saturated heterocycles. The molecule has 1 fully saturated rings. The molecule has 1 heterocycles. The van der Waals surface area contributed by atoms with E-state index in [1.807, 2.05) is 54.3 Å². The van der Waals surface area contributed by atoms with Gasteiger partial charge in [0, 0.05) is 19.1 Å². The summed E-state index contributed by atoms with van der Waals surface area (Å²) < 4.78 is 5.89. The zero-order chi connectivity index (χ0) is 18.7. The Balaban J connectivity index is 0.00000261. The molecule has 0 spiro atoms. The van der Waals surface area contributed by atoms with Crippen molar-refractivity contribution < 1.29 is 9.53 Å². The number of likely N-dealkylation sites (tertiary alicyclic amines) is 1. The molecular formula is C22H29ClN2O2. The molecule has 2 atom stereocenters. The molecule has 146 valence electrons. The molecule has 2 aromatic carbocycles. The fourth-order valence-corrected chi connectivity index (χ4v) is 3.43. The van der Waals surface area contributed by atoms with Gasteiger partial charge in [-0.05, 0) is 42.0 Å². The van der Waals surface area contributed by atoms with Gasteiger partial charge >= 0.3 is 0 Å². The summed E-state index contributed by atoms with van der Waals surface area (Å²) in [5.74, 6) is 0.732. The van der Waals surface area contributed by atoms with Gasteiger partial charge in [-0.15, -0.1) is 12.4 Å². The maximum atomic E-state index is 12.7. The Hall–Kier alpha value is -2.04. The number of halogens is 1. The van der Waals surface area contributed by atoms with Crippen LogP contribution in [0, 0.1) is 5.41 Å². The van der Waals surface area contributed by atoms with Crippen molar-refractivity contribution in [3.05, 3.63) is 54.6 Å². The Morgan fingerprint density at radius 1 is 1.11 bits per heavy atom. The van der Waals surface area contributed by atoms with Gasteiger partial charge < -0.3 is 15.4 Å². The second-order valence-corrected chi connectivity index (χ2v) is 7.79. The smallest absolute Gasteiger partial charge is 0.263 e. The Kier molecular flexibility index (Phi) is 6.90. The maximum absolute atomic E-state index is 12.7. The molecule has 27 heavy (non-hydrogen) atoms. The molecular weight excluding hydrogens is 360 g/mol. The van der Waals surface area contributed by atoms with E-state index >= 15 is 0 Å². The van der Waals surface area contributed by atoms with Crippen LogP contribution in [-0.2, 0) is 4.79 Å². The van der Waals surface area contributed by atoms with Crippen LogP contribution in [-0.4, -0.2) is 36.0 Å². The van der Waals surface area contributed by atoms with Crippen LogP contribution in [0.5, 0.6) is 5.75 Å². The molecule has 3 rings (SSSR count). The number of hydrogen-bond acceptors (Lipinski definition) is 3. The molecule has 0 bridgehead atoms. The van der Waals surface area contributed by atoms with Crippen molar-refractivity contribution in [3.63, 3.8) is 0 Å². The highest BCUT2D eigenvalue weighted by atomic mass is 35.5. The lowest BCUT2D eigenvalue weighted by Gasteiger charge is -2.43. The highest BCUT2D eigenvalue weighted by Crippen LogP contribution is 2.28. The lowest BCUT2D eigenvalue weighted by atomic mass is 9.79. The van der Waals surface area contributed by atoms with Gasteiger partial charge in [0.1, 0.15) is 5.75 Å². The van der Waals surface area contributed by atoms with E-state index in [9.17, 15) is 4.79 Å². The third kappa shape index (κ3) is 5.02. The van der Waals surface area contributed by atoms with E-state index in [2.05, 4.69) is 26.0 Å². The standard InChI is InChI=1S/C22H28N2O2.ClH/c1-16(21(25)24-14-13-20(23)22(2,3)15-24)26-19-11-9-18(10-12-19)17-7-5-4-6-8-17;/h4-12,16,20H,13-15,23H2,1-3H3;1H. The second-order valence-electron chi connectivity index (χ2n) is 7.79. The molecule has 4 nitrogen and oxygen atoms in total. The Morgan fingerprint density at radius 3 is 2.30 bits per heavy atom. The van der Waals surface area contributed by atoms with Crippen molar-refractivity contribution in [2.45, 2.75) is 39.3 Å². The lowest BCUT2D eigenvalue weighted by Crippen LogP contribution is -2.56. The highest BCUT2D eigenvalue weighted by molar-refractivity contribution is 5.85. The van der Waals surface area contributed by atoms with Gasteiger partial charge in [0.2, 0.25) is 0 Å². The van der Waals surface area contributed by atoms with Gasteiger partial charge in [-0.25, -0.2) is 0 Å². The van der Waals surface area contributed by atoms with Gasteiger partial charge in [-0.1, -0.05) is 56.3 Å². The Bertz CT molecular complexity index is 747. The van der Waals surface area contributed by atoms with E-state index in [1.165, 1.54) is 0 Å². The van der Waals surface area contributed by atoms with E-state index in [4.69, 9.17) is 10.5 Å². The van der Waals surface area contributed by atoms with Crippen LogP contribution in [0.4, 0.5) is 0 Å². The third-order valence-corrected chi connectivity index (χ3v) is 5.25. The minimum atomic E-state index is -0.511. The van der Waals surface area contributed by atoms with Gasteiger partial charge in [0.05, 0.1) is 0 Å². The third-order valence-electron chi connectivity index (χ3n) is 5.25. The fraction of sp³-hybridized carbons (Fsp3) is 0.409. The van der Waals surface area contributed by atoms with Crippen molar-refractivity contribution in [1.82, 2.24) is 4.90 Å². The van der Waals surface area contributed by atoms with E-state index in [1.54, 1.807) is 0 Å². The number of amides is 1. The first-order valence-corrected chi connectivity index (χ1v) is 9.23. The minimum absolute atomic E-state index is 0. The summed E-state index contributed by atoms with van der Waals surface area (Å²) in [4.78, 5) is 14.6. The maximum Gasteiger partial charge on any atom is 0.263 e. The van der Waals surface area contributed by atoms with Crippen molar-refractivity contribution >= 4 is 18.3 Å². The number of rotatable bonds is 4. The van der Waals surface area contributed by atoms with Gasteiger partial charge in [0.15, 0.2) is 6.10 Å². The van der Waals surface area contributed by atoms with Gasteiger partial charge in [-0.3, -0.25) is 4.79 Å². The highest BCUT2D eigenvalue weighted by Gasteiger charge is 2.36. The molecule has 2 aromatic rings. The number of carbonyl (C=O) groups is 1. The average Bonchev–Trinajstić information content (AvgIpc) is 2.64. The van der Waals surface area contributed by atoms with E-state index < -0.39 is 6.10 Å². The topological polar surface area (TPSA) is 55.6 Å². The van der Waals surface area contributed by atoms with Gasteiger partial charge in [-0.2, -0.15) is 0 Å². The Morgan fingerprint density at radius 2 is 1.70 bits per heavy atom. The zero-order valence-corrected chi connectivity index (χ0v) is 17.0. The lowest BCUT2D eigenvalue weighted by molar-refractivity contribution is -0.141. The van der Waals surface area contributed by atoms with Crippen LogP contribution in [0.2, 0.25) is 0 Å². The molecule has 0 aliphatic carbocycles. The van der Waals surface area contributed by atoms with Crippen LogP contribution in [0.25, 0.3) is 11.1 Å². The predicted octanol–water partition coefficient (Wildman–Crippen LogP) is 4.13. The summed E-state index contributed by atoms with van der Waals surface area (Å²) in [7, 11) is 0. The number of nitrogens with two attached hydrogens (primary N) is 1. The van der Waals surface area contributed by atoms with Crippen molar-refractivity contribution in [2.75, 3.05) is 13.1 Å². The number of nitrogens with zero attached hydrogens (tertiary/aromatic N) is 1. The summed E-state index contributed by atoms with van der Waals surface area (Å²) in [6.07, 6.45) is 0.319. The van der Waals surface area contributed by atoms with Crippen molar-refractivity contribution in [1.29, 1.82) is 0 Å². The zero-order valence-electron chi connectivity index (χ0n) is 16.2. The van der Waals surface area contributed by atoms with Crippen molar-refractivity contribution in [2.24, 2.45) is 11.1 Å². The monoisotopic (exact) mass is 388 g/mol. The SMILES string of the molecule is CC(Oc1ccc(-c2ccccc2)cc1)C(=O)N1CCC(N)C(C)(C)C1.Cl. The van der Waals surface area contributed by atoms with Crippen LogP contribution in [0.3, 0.4) is 0 Å². The second kappa shape index (κ2) is 8.77. The number of carbonyl (C=O) groups excluding carboxylic acids is 1. The molecule has 1 aliphatic heterocycles. The normalized spacial score (nSPS) is 19.7. The number of ether oxygens (including phenoxy) is 1. The van der Waals surface area contributed by atoms with Gasteiger partial charge in [0.25, 0.3) is 5.91 Å². The fourth-order valence-electron chi connectivity index (χ4n) is 3.43. The minimum Gasteiger partial charge on any atom is -0.481 e. The quantitative estimate of drug-likeness (QED) is 0.856. The number of benzene rings is 2. The van der Waals surface area contributed by atoms with E-state index in [0.29, 0.717) is 18.8 Å². The summed E-state index contributed by atoms with van der Waals surface area (Å²) in [6.45, 7) is 7.42. The van der Waals surface area contributed by atoms with E-state index in [-0.39, 0.29) is 29.8 Å². The molecule has 1 aliphatic rings. The number of piperidine rings is 1. The first-order valence-electron chi connectivity index (χ1n) is 9.23. The molecule has 5 heteroatoms. The van der Waals surface area contributed by atoms with Crippen LogP contribution in [0.1, 0.15) is 27.2 Å². The van der Waals surface area contributed by atoms with Crippen LogP contribution in [0.15, 0.2) is 54.6 Å². The summed E-state index contributed by atoms with van der Waals surface area (Å²) in [6, 6.07) is 18.2. The van der Waals surface area contributed by atoms with Crippen LogP contribution < -0.4 is 10.5 Å². The molecule has 1 amide bonds. The Labute approximate surface area is 168 Å². The summed E-state index contributed by atoms with van der Waals surface area (Å²) in [5, 5.41) is 0. The van der Waals surface area contributed by atoms with Crippen LogP contribution >= 0.6 is 12.4 Å². The summed E-state index contributed by atoms with van der Waals surface area (Å²) >= 11 is 0. The summed E-state index contributed by atoms with van der Waals surface area (Å²) in [5.41, 5.74) is 8.39.